The van der Waals surface area contributed by atoms with Crippen LogP contribution >= 0.6 is 0 Å². The molecule has 0 bridgehead atoms. The van der Waals surface area contributed by atoms with Gasteiger partial charge in [-0.15, -0.1) is 0 Å². The van der Waals surface area contributed by atoms with Crippen LogP contribution in [0.3, 0.4) is 0 Å². The lowest BCUT2D eigenvalue weighted by molar-refractivity contribution is -0.389. The van der Waals surface area contributed by atoms with Crippen molar-refractivity contribution in [2.75, 3.05) is 39.6 Å². The number of rotatable bonds is 23. The highest BCUT2D eigenvalue weighted by Gasteiger charge is 2.59. The van der Waals surface area contributed by atoms with Crippen LogP contribution in [0.5, 0.6) is 0 Å². The van der Waals surface area contributed by atoms with Crippen LogP contribution in [0.15, 0.2) is 0 Å². The number of amides is 3. The van der Waals surface area contributed by atoms with Crippen molar-refractivity contribution in [2.24, 2.45) is 0 Å². The van der Waals surface area contributed by atoms with Gasteiger partial charge in [0, 0.05) is 20.8 Å². The number of carbonyl (C=O) groups excluding carboxylic acids is 3. The van der Waals surface area contributed by atoms with Crippen LogP contribution in [0.25, 0.3) is 0 Å². The second kappa shape index (κ2) is 33.8. The van der Waals surface area contributed by atoms with Crippen LogP contribution < -0.4 is 16.0 Å². The number of carbonyl (C=O) groups is 3. The Bertz CT molecular complexity index is 2470. The van der Waals surface area contributed by atoms with Crippen LogP contribution in [0.4, 0.5) is 0 Å². The van der Waals surface area contributed by atoms with Gasteiger partial charge in [-0.25, -0.2) is 0 Å². The maximum atomic E-state index is 13.0. The van der Waals surface area contributed by atoms with E-state index in [9.17, 15) is 122 Å². The van der Waals surface area contributed by atoms with Gasteiger partial charge in [0.25, 0.3) is 0 Å². The SMILES string of the molecule is CC(=O)N[C@H]1[C@H](O[C@H]2[C@H](O)[C@@H](NC(C)=O)C(O)O[C@@H]2CO[C@@H]2O[C@@H](C)[C@@H](O)[C@@H](O)[C@@H]2O)O[C@H](CO)[C@@H](O[C@@H]2O[C@H](CO[C@H]3O[C@H](CO)[C@@H](O)[C@H](O)[C@@H]3O[C@@H]3O[C@H](CO)[C@@H](O)[C@H](O[C@@H]4O[C@@H](C)[C@@H](O)[C@@H](O)[C@@H]4O)[C@H]3NC(C)=O)[C@@H](O)[C@H](O[C@H]3O[C@H](CO)[C@@H](O)[C@H](O)[C@@H]3O)[C@@H]2O)[C@@H]1O. The third-order valence-corrected chi connectivity index (χ3v) is 17.7. The zero-order valence-corrected chi connectivity index (χ0v) is 52.1. The lowest BCUT2D eigenvalue weighted by atomic mass is 9.93. The Kier molecular flexibility index (Phi) is 27.7. The zero-order valence-electron chi connectivity index (χ0n) is 52.1. The van der Waals surface area contributed by atoms with Crippen molar-refractivity contribution in [1.82, 2.24) is 16.0 Å². The molecule has 40 atom stereocenters. The maximum Gasteiger partial charge on any atom is 0.217 e. The Balaban J connectivity index is 1.08. The van der Waals surface area contributed by atoms with E-state index in [2.05, 4.69) is 16.0 Å². The minimum atomic E-state index is -2.39. The summed E-state index contributed by atoms with van der Waals surface area (Å²) in [6.07, 6.45) is -71.2. The normalized spacial score (nSPS) is 50.3. The number of aliphatic hydroxyl groups is 21. The molecule has 0 aliphatic carbocycles. The highest BCUT2D eigenvalue weighted by Crippen LogP contribution is 2.38. The largest absolute Gasteiger partial charge is 0.394 e. The van der Waals surface area contributed by atoms with Crippen molar-refractivity contribution in [3.05, 3.63) is 0 Å². The minimum absolute atomic E-state index is 0.786. The van der Waals surface area contributed by atoms with E-state index in [4.69, 9.17) is 71.1 Å². The van der Waals surface area contributed by atoms with Gasteiger partial charge in [0.1, 0.15) is 183 Å². The van der Waals surface area contributed by atoms with Crippen molar-refractivity contribution in [3.8, 4) is 0 Å². The molecule has 8 saturated heterocycles. The van der Waals surface area contributed by atoms with Crippen LogP contribution in [-0.2, 0) is 85.4 Å². The predicted octanol–water partition coefficient (Wildman–Crippen LogP) is -16.0. The molecule has 0 aromatic rings. The van der Waals surface area contributed by atoms with Crippen molar-refractivity contribution in [2.45, 2.75) is 280 Å². The van der Waals surface area contributed by atoms with Gasteiger partial charge in [-0.3, -0.25) is 14.4 Å². The number of ether oxygens (including phenoxy) is 15. The first-order valence-corrected chi connectivity index (χ1v) is 30.8. The van der Waals surface area contributed by atoms with E-state index in [-0.39, 0.29) is 0 Å². The van der Waals surface area contributed by atoms with Crippen molar-refractivity contribution in [1.29, 1.82) is 0 Å². The molecule has 42 nitrogen and oxygen atoms in total. The van der Waals surface area contributed by atoms with Gasteiger partial charge in [0.05, 0.1) is 51.8 Å². The maximum absolute atomic E-state index is 13.0. The third-order valence-electron chi connectivity index (χ3n) is 17.7. The molecule has 8 aliphatic heterocycles. The van der Waals surface area contributed by atoms with Crippen LogP contribution in [0.2, 0.25) is 0 Å². The Morgan fingerprint density at radius 2 is 0.646 bits per heavy atom. The first-order valence-electron chi connectivity index (χ1n) is 30.8. The molecular formula is C54H91N3O39. The molecule has 8 fully saturated rings. The fourth-order valence-electron chi connectivity index (χ4n) is 12.4. The molecule has 8 aliphatic rings. The standard InChI is InChI=1S/C54H91N3O39/c1-12-26(65)34(73)38(77)50(84-12)82-11-22-43(32(71)23(47(81)86-22)55-14(3)62)92-48-24(56-15(4)63)33(72)42(20(9-61)90-48)93-53-41(80)45(95-52-40(79)36(75)28(67)17(6-58)88-52)31(70)21(91-53)10-83-54-46(37(76)29(68)18(7-59)89-54)96-49-25(57-16(5)64)44(30(69)19(8-60)87-49)94-51-39(78)35(74)27(66)13(2)85-51/h12-13,17-54,58-61,65-81H,6-11H2,1-5H3,(H,55,62)(H,56,63)(H,57,64)/t12-,13-,17+,18+,19+,20+,21+,22+,23+,24+,25+,26+,27+,28+,29+,30+,31+,32+,33+,34+,35+,36-,37-,38-,39-,40-,41-,42+,43+,44+,45-,46-,47?,48-,49-,50+,51-,52+,53-,54-/m0/s1. The fraction of sp³-hybridized carbons (Fsp3) is 0.944. The first kappa shape index (κ1) is 78.7. The minimum Gasteiger partial charge on any atom is -0.394 e. The molecule has 0 saturated carbocycles. The van der Waals surface area contributed by atoms with E-state index in [1.807, 2.05) is 0 Å². The molecule has 24 N–H and O–H groups in total. The lowest BCUT2D eigenvalue weighted by Crippen LogP contribution is -2.70. The number of hydrogen-bond donors (Lipinski definition) is 24. The summed E-state index contributed by atoms with van der Waals surface area (Å²) in [6.45, 7) is -0.430. The average Bonchev–Trinajstić information content (AvgIpc) is 0.776. The average molecular weight is 1410 g/mol. The molecule has 42 heteroatoms. The molecule has 8 heterocycles. The molecule has 96 heavy (non-hydrogen) atoms. The summed E-state index contributed by atoms with van der Waals surface area (Å²) in [5.41, 5.74) is 0. The van der Waals surface area contributed by atoms with Crippen LogP contribution in [0, 0.1) is 0 Å². The third kappa shape index (κ3) is 17.2. The second-order valence-corrected chi connectivity index (χ2v) is 24.6. The topological polar surface area (TPSA) is 651 Å². The summed E-state index contributed by atoms with van der Waals surface area (Å²) in [5.74, 6) is -2.57. The molecular weight excluding hydrogens is 1310 g/mol. The number of hydrogen-bond acceptors (Lipinski definition) is 39. The molecule has 1 unspecified atom stereocenters. The fourth-order valence-corrected chi connectivity index (χ4v) is 12.4. The van der Waals surface area contributed by atoms with Gasteiger partial charge in [-0.1, -0.05) is 0 Å². The summed E-state index contributed by atoms with van der Waals surface area (Å²) in [6, 6.07) is -5.34. The monoisotopic (exact) mass is 1410 g/mol. The van der Waals surface area contributed by atoms with Gasteiger partial charge in [0.2, 0.25) is 17.7 Å². The van der Waals surface area contributed by atoms with Crippen molar-refractivity contribution in [3.63, 3.8) is 0 Å². The van der Waals surface area contributed by atoms with E-state index in [1.165, 1.54) is 13.8 Å². The molecule has 0 aromatic carbocycles. The Morgan fingerprint density at radius 3 is 1.22 bits per heavy atom. The van der Waals surface area contributed by atoms with Crippen LogP contribution in [0.1, 0.15) is 34.6 Å². The Morgan fingerprint density at radius 1 is 0.292 bits per heavy atom. The molecule has 0 aromatic heterocycles. The first-order chi connectivity index (χ1) is 45.3. The summed E-state index contributed by atoms with van der Waals surface area (Å²) < 4.78 is 88.0. The molecule has 556 valence electrons. The quantitative estimate of drug-likeness (QED) is 0.0452. The molecule has 3 amide bonds. The highest BCUT2D eigenvalue weighted by molar-refractivity contribution is 5.74. The van der Waals surface area contributed by atoms with Crippen LogP contribution in [-0.4, -0.2) is 410 Å². The summed E-state index contributed by atoms with van der Waals surface area (Å²) in [5, 5.41) is 238. The van der Waals surface area contributed by atoms with Gasteiger partial charge < -0.3 is 194 Å². The zero-order chi connectivity index (χ0) is 70.8. The molecule has 0 radical (unpaired) electrons. The number of nitrogens with one attached hydrogen (secondary N) is 3. The smallest absolute Gasteiger partial charge is 0.217 e. The lowest BCUT2D eigenvalue weighted by Gasteiger charge is -2.50. The summed E-state index contributed by atoms with van der Waals surface area (Å²) in [7, 11) is 0. The Hall–Kier alpha value is -3.03. The highest BCUT2D eigenvalue weighted by atomic mass is 16.8. The van der Waals surface area contributed by atoms with Gasteiger partial charge in [0.15, 0.2) is 50.3 Å². The van der Waals surface area contributed by atoms with E-state index in [0.717, 1.165) is 20.8 Å². The van der Waals surface area contributed by atoms with Crippen molar-refractivity contribution >= 4 is 17.7 Å². The second-order valence-electron chi connectivity index (χ2n) is 24.6. The predicted molar refractivity (Wildman–Crippen MR) is 296 cm³/mol. The summed E-state index contributed by atoms with van der Waals surface area (Å²) in [4.78, 5) is 38.1. The van der Waals surface area contributed by atoms with Gasteiger partial charge in [-0.2, -0.15) is 0 Å². The molecule has 8 rings (SSSR count). The van der Waals surface area contributed by atoms with E-state index < -0.39 is 303 Å². The van der Waals surface area contributed by atoms with E-state index >= 15 is 0 Å². The summed E-state index contributed by atoms with van der Waals surface area (Å²) >= 11 is 0. The Labute approximate surface area is 545 Å². The van der Waals surface area contributed by atoms with Gasteiger partial charge in [-0.05, 0) is 13.8 Å². The van der Waals surface area contributed by atoms with Crippen molar-refractivity contribution < 1.29 is 193 Å². The molecule has 0 spiro atoms. The number of aliphatic hydroxyl groups excluding tert-OH is 21. The van der Waals surface area contributed by atoms with E-state index in [1.54, 1.807) is 0 Å². The van der Waals surface area contributed by atoms with E-state index in [0.29, 0.717) is 0 Å². The van der Waals surface area contributed by atoms with Gasteiger partial charge >= 0.3 is 0 Å².